The predicted octanol–water partition coefficient (Wildman–Crippen LogP) is 2.85. The topological polar surface area (TPSA) is 84.9 Å². The highest BCUT2D eigenvalue weighted by Crippen LogP contribution is 2.29. The maximum absolute atomic E-state index is 12.6. The minimum absolute atomic E-state index is 0.0710. The molecule has 30 heavy (non-hydrogen) atoms. The molecule has 1 saturated heterocycles. The molecule has 7 heteroatoms. The lowest BCUT2D eigenvalue weighted by Crippen LogP contribution is -2.39. The van der Waals surface area contributed by atoms with Gasteiger partial charge in [-0.2, -0.15) is 0 Å². The molecule has 2 atom stereocenters. The Hall–Kier alpha value is -2.90. The van der Waals surface area contributed by atoms with Crippen molar-refractivity contribution in [2.45, 2.75) is 18.9 Å². The molecule has 2 aromatic rings. The first kappa shape index (κ1) is 21.8. The minimum atomic E-state index is -0.691. The van der Waals surface area contributed by atoms with Crippen molar-refractivity contribution in [2.75, 3.05) is 43.9 Å². The summed E-state index contributed by atoms with van der Waals surface area (Å²) in [7, 11) is 3.88. The number of rotatable bonds is 8. The molecule has 1 fully saturated rings. The molecule has 0 saturated carbocycles. The third kappa shape index (κ3) is 5.58. The first-order chi connectivity index (χ1) is 14.5. The van der Waals surface area contributed by atoms with Gasteiger partial charge in [-0.05, 0) is 38.2 Å². The fourth-order valence-electron chi connectivity index (χ4n) is 3.78. The number of para-hydroxylation sites is 2. The van der Waals surface area contributed by atoms with Crippen molar-refractivity contribution in [1.29, 1.82) is 0 Å². The van der Waals surface area contributed by atoms with E-state index in [1.807, 2.05) is 67.5 Å². The number of hydrogen-bond acceptors (Lipinski definition) is 4. The highest BCUT2D eigenvalue weighted by Gasteiger charge is 2.25. The van der Waals surface area contributed by atoms with Crippen LogP contribution in [-0.2, 0) is 4.79 Å². The maximum atomic E-state index is 12.6. The summed E-state index contributed by atoms with van der Waals surface area (Å²) in [6.45, 7) is 1.59. The van der Waals surface area contributed by atoms with E-state index < -0.39 is 6.10 Å². The standard InChI is InChI=1S/C23H30N4O3/c1-26(2)16-18(22(29)17-9-4-3-5-10-17)15-24-23(30)25-19-11-6-7-12-20(19)27-14-8-13-21(27)28/h3-7,9-12,18,22,29H,8,13-16H2,1-2H3,(H2,24,25,30). The van der Waals surface area contributed by atoms with E-state index in [1.54, 1.807) is 11.0 Å². The second kappa shape index (κ2) is 10.2. The minimum Gasteiger partial charge on any atom is -0.388 e. The van der Waals surface area contributed by atoms with E-state index in [2.05, 4.69) is 10.6 Å². The SMILES string of the molecule is CN(C)CC(CNC(=O)Nc1ccccc1N1CCCC1=O)C(O)c1ccccc1. The van der Waals surface area contributed by atoms with E-state index in [-0.39, 0.29) is 17.9 Å². The van der Waals surface area contributed by atoms with Crippen molar-refractivity contribution in [1.82, 2.24) is 10.2 Å². The van der Waals surface area contributed by atoms with Crippen LogP contribution in [-0.4, -0.2) is 55.7 Å². The molecule has 2 aromatic carbocycles. The van der Waals surface area contributed by atoms with Gasteiger partial charge in [-0.3, -0.25) is 4.79 Å². The Morgan fingerprint density at radius 3 is 2.50 bits per heavy atom. The number of carbonyl (C=O) groups excluding carboxylic acids is 2. The highest BCUT2D eigenvalue weighted by atomic mass is 16.3. The molecule has 7 nitrogen and oxygen atoms in total. The first-order valence-electron chi connectivity index (χ1n) is 10.3. The molecule has 1 heterocycles. The zero-order chi connectivity index (χ0) is 21.5. The second-order valence-electron chi connectivity index (χ2n) is 7.88. The van der Waals surface area contributed by atoms with Crippen LogP contribution in [0.1, 0.15) is 24.5 Å². The lowest BCUT2D eigenvalue weighted by atomic mass is 9.95. The summed E-state index contributed by atoms with van der Waals surface area (Å²) in [6, 6.07) is 16.4. The molecule has 0 bridgehead atoms. The molecule has 1 aliphatic heterocycles. The Labute approximate surface area is 177 Å². The number of benzene rings is 2. The normalized spacial score (nSPS) is 15.9. The van der Waals surface area contributed by atoms with E-state index in [0.717, 1.165) is 12.0 Å². The summed E-state index contributed by atoms with van der Waals surface area (Å²) in [5.41, 5.74) is 2.13. The van der Waals surface area contributed by atoms with E-state index in [9.17, 15) is 14.7 Å². The van der Waals surface area contributed by atoms with Crippen LogP contribution < -0.4 is 15.5 Å². The van der Waals surface area contributed by atoms with Gasteiger partial charge in [0.05, 0.1) is 17.5 Å². The molecular formula is C23H30N4O3. The summed E-state index contributed by atoms with van der Waals surface area (Å²) in [6.07, 6.45) is 0.663. The fourth-order valence-corrected chi connectivity index (χ4v) is 3.78. The molecule has 2 unspecified atom stereocenters. The van der Waals surface area contributed by atoms with Gasteiger partial charge in [-0.15, -0.1) is 0 Å². The Bertz CT molecular complexity index is 857. The van der Waals surface area contributed by atoms with Crippen LogP contribution >= 0.6 is 0 Å². The van der Waals surface area contributed by atoms with Crippen LogP contribution in [0, 0.1) is 5.92 Å². The lowest BCUT2D eigenvalue weighted by Gasteiger charge is -2.27. The van der Waals surface area contributed by atoms with Crippen molar-refractivity contribution in [3.05, 3.63) is 60.2 Å². The number of urea groups is 1. The van der Waals surface area contributed by atoms with E-state index in [1.165, 1.54) is 0 Å². The molecular weight excluding hydrogens is 380 g/mol. The van der Waals surface area contributed by atoms with Gasteiger partial charge in [0.15, 0.2) is 0 Å². The Balaban J connectivity index is 1.64. The molecule has 0 aliphatic carbocycles. The van der Waals surface area contributed by atoms with Crippen LogP contribution in [0.2, 0.25) is 0 Å². The third-order valence-electron chi connectivity index (χ3n) is 5.23. The monoisotopic (exact) mass is 410 g/mol. The summed E-state index contributed by atoms with van der Waals surface area (Å²) in [5, 5.41) is 16.5. The molecule has 0 aromatic heterocycles. The summed E-state index contributed by atoms with van der Waals surface area (Å²) in [5.74, 6) is -0.106. The Morgan fingerprint density at radius 1 is 1.13 bits per heavy atom. The van der Waals surface area contributed by atoms with Gasteiger partial charge in [-0.25, -0.2) is 4.79 Å². The van der Waals surface area contributed by atoms with E-state index in [4.69, 9.17) is 0 Å². The van der Waals surface area contributed by atoms with Crippen LogP contribution in [0.25, 0.3) is 0 Å². The lowest BCUT2D eigenvalue weighted by molar-refractivity contribution is -0.117. The molecule has 3 N–H and O–H groups in total. The van der Waals surface area contributed by atoms with Crippen molar-refractivity contribution in [3.8, 4) is 0 Å². The maximum Gasteiger partial charge on any atom is 0.319 e. The van der Waals surface area contributed by atoms with Gasteiger partial charge in [0.2, 0.25) is 5.91 Å². The molecule has 0 spiro atoms. The van der Waals surface area contributed by atoms with Crippen molar-refractivity contribution in [3.63, 3.8) is 0 Å². The summed E-state index contributed by atoms with van der Waals surface area (Å²) in [4.78, 5) is 28.4. The average Bonchev–Trinajstić information content (AvgIpc) is 3.17. The average molecular weight is 411 g/mol. The first-order valence-corrected chi connectivity index (χ1v) is 10.3. The van der Waals surface area contributed by atoms with Gasteiger partial charge in [0.1, 0.15) is 0 Å². The van der Waals surface area contributed by atoms with Gasteiger partial charge < -0.3 is 25.5 Å². The Kier molecular flexibility index (Phi) is 7.43. The van der Waals surface area contributed by atoms with Crippen LogP contribution in [0.5, 0.6) is 0 Å². The number of nitrogens with zero attached hydrogens (tertiary/aromatic N) is 2. The van der Waals surface area contributed by atoms with Crippen LogP contribution in [0.3, 0.4) is 0 Å². The van der Waals surface area contributed by atoms with Crippen molar-refractivity contribution in [2.24, 2.45) is 5.92 Å². The van der Waals surface area contributed by atoms with Gasteiger partial charge in [0, 0.05) is 32.0 Å². The van der Waals surface area contributed by atoms with E-state index >= 15 is 0 Å². The predicted molar refractivity (Wildman–Crippen MR) is 118 cm³/mol. The number of aliphatic hydroxyl groups is 1. The van der Waals surface area contributed by atoms with Gasteiger partial charge in [-0.1, -0.05) is 42.5 Å². The molecule has 3 amide bonds. The van der Waals surface area contributed by atoms with Crippen molar-refractivity contribution >= 4 is 23.3 Å². The molecule has 3 rings (SSSR count). The molecule has 1 aliphatic rings. The largest absolute Gasteiger partial charge is 0.388 e. The number of amides is 3. The second-order valence-corrected chi connectivity index (χ2v) is 7.88. The zero-order valence-electron chi connectivity index (χ0n) is 17.5. The number of aliphatic hydroxyl groups excluding tert-OH is 1. The molecule has 0 radical (unpaired) electrons. The van der Waals surface area contributed by atoms with Crippen LogP contribution in [0.4, 0.5) is 16.2 Å². The fraction of sp³-hybridized carbons (Fsp3) is 0.391. The number of carbonyl (C=O) groups is 2. The zero-order valence-corrected chi connectivity index (χ0v) is 17.5. The number of nitrogens with one attached hydrogen (secondary N) is 2. The summed E-state index contributed by atoms with van der Waals surface area (Å²) < 4.78 is 0. The van der Waals surface area contributed by atoms with E-state index in [0.29, 0.717) is 37.4 Å². The third-order valence-corrected chi connectivity index (χ3v) is 5.23. The quantitative estimate of drug-likeness (QED) is 0.625. The van der Waals surface area contributed by atoms with Crippen molar-refractivity contribution < 1.29 is 14.7 Å². The summed E-state index contributed by atoms with van der Waals surface area (Å²) >= 11 is 0. The van der Waals surface area contributed by atoms with Gasteiger partial charge in [0.25, 0.3) is 0 Å². The smallest absolute Gasteiger partial charge is 0.319 e. The number of hydrogen-bond donors (Lipinski definition) is 3. The Morgan fingerprint density at radius 2 is 1.83 bits per heavy atom. The highest BCUT2D eigenvalue weighted by molar-refractivity contribution is 6.01. The van der Waals surface area contributed by atoms with Gasteiger partial charge >= 0.3 is 6.03 Å². The van der Waals surface area contributed by atoms with Crippen LogP contribution in [0.15, 0.2) is 54.6 Å². The number of anilines is 2. The molecule has 160 valence electrons.